The van der Waals surface area contributed by atoms with Crippen LogP contribution in [0.2, 0.25) is 0 Å². The Bertz CT molecular complexity index is 438. The number of methoxy groups -OCH3 is 1. The molecular formula is C14H20N2O3. The Hall–Kier alpha value is -1.88. The second kappa shape index (κ2) is 7.53. The van der Waals surface area contributed by atoms with E-state index in [2.05, 4.69) is 10.6 Å². The van der Waals surface area contributed by atoms with Gasteiger partial charge in [0, 0.05) is 25.9 Å². The molecule has 5 nitrogen and oxygen atoms in total. The maximum atomic E-state index is 11.7. The van der Waals surface area contributed by atoms with E-state index in [1.165, 1.54) is 0 Å². The van der Waals surface area contributed by atoms with Gasteiger partial charge in [-0.15, -0.1) is 0 Å². The molecule has 0 radical (unpaired) electrons. The van der Waals surface area contributed by atoms with Crippen LogP contribution in [0.15, 0.2) is 18.2 Å². The molecular weight excluding hydrogens is 244 g/mol. The summed E-state index contributed by atoms with van der Waals surface area (Å²) in [6, 6.07) is 5.68. The summed E-state index contributed by atoms with van der Waals surface area (Å²) in [6.45, 7) is 4.75. The molecule has 1 aromatic carbocycles. The van der Waals surface area contributed by atoms with E-state index < -0.39 is 11.8 Å². The average molecular weight is 264 g/mol. The summed E-state index contributed by atoms with van der Waals surface area (Å²) in [4.78, 5) is 23.3. The molecule has 0 aliphatic heterocycles. The van der Waals surface area contributed by atoms with Crippen LogP contribution >= 0.6 is 0 Å². The van der Waals surface area contributed by atoms with Crippen molar-refractivity contribution in [3.05, 3.63) is 29.3 Å². The molecule has 5 heteroatoms. The highest BCUT2D eigenvalue weighted by Gasteiger charge is 2.14. The first kappa shape index (κ1) is 15.2. The van der Waals surface area contributed by atoms with E-state index in [4.69, 9.17) is 4.74 Å². The quantitative estimate of drug-likeness (QED) is 0.624. The summed E-state index contributed by atoms with van der Waals surface area (Å²) >= 11 is 0. The van der Waals surface area contributed by atoms with Crippen LogP contribution in [-0.2, 0) is 14.3 Å². The monoisotopic (exact) mass is 264 g/mol. The zero-order chi connectivity index (χ0) is 14.3. The molecule has 2 N–H and O–H groups in total. The predicted octanol–water partition coefficient (Wildman–Crippen LogP) is 1.39. The summed E-state index contributed by atoms with van der Waals surface area (Å²) in [5, 5.41) is 5.18. The van der Waals surface area contributed by atoms with E-state index in [0.717, 1.165) is 11.1 Å². The third-order valence-electron chi connectivity index (χ3n) is 2.74. The largest absolute Gasteiger partial charge is 0.385 e. The minimum absolute atomic E-state index is 0.423. The highest BCUT2D eigenvalue weighted by atomic mass is 16.5. The fourth-order valence-electron chi connectivity index (χ4n) is 1.68. The molecule has 1 rings (SSSR count). The van der Waals surface area contributed by atoms with Crippen LogP contribution in [0.25, 0.3) is 0 Å². The number of hydrogen-bond acceptors (Lipinski definition) is 3. The molecule has 0 unspecified atom stereocenters. The Morgan fingerprint density at radius 3 is 2.37 bits per heavy atom. The van der Waals surface area contributed by atoms with Crippen LogP contribution in [0.1, 0.15) is 17.5 Å². The van der Waals surface area contributed by atoms with Crippen molar-refractivity contribution in [2.24, 2.45) is 0 Å². The number of aryl methyl sites for hydroxylation is 2. The van der Waals surface area contributed by atoms with E-state index in [9.17, 15) is 9.59 Å². The third-order valence-corrected chi connectivity index (χ3v) is 2.74. The van der Waals surface area contributed by atoms with E-state index in [1.54, 1.807) is 7.11 Å². The second-order valence-corrected chi connectivity index (χ2v) is 4.32. The molecule has 0 bridgehead atoms. The van der Waals surface area contributed by atoms with Gasteiger partial charge in [-0.25, -0.2) is 0 Å². The number of carbonyl (C=O) groups is 2. The Balaban J connectivity index is 2.52. The van der Waals surface area contributed by atoms with Gasteiger partial charge >= 0.3 is 11.8 Å². The van der Waals surface area contributed by atoms with Crippen molar-refractivity contribution >= 4 is 17.5 Å². The number of benzene rings is 1. The molecule has 0 saturated carbocycles. The van der Waals surface area contributed by atoms with Gasteiger partial charge in [0.05, 0.1) is 0 Å². The zero-order valence-electron chi connectivity index (χ0n) is 11.6. The van der Waals surface area contributed by atoms with Crippen LogP contribution in [0.5, 0.6) is 0 Å². The highest BCUT2D eigenvalue weighted by Crippen LogP contribution is 2.18. The molecule has 2 amide bonds. The minimum Gasteiger partial charge on any atom is -0.385 e. The van der Waals surface area contributed by atoms with Gasteiger partial charge in [0.2, 0.25) is 0 Å². The minimum atomic E-state index is -0.644. The highest BCUT2D eigenvalue weighted by molar-refractivity contribution is 6.39. The van der Waals surface area contributed by atoms with Crippen molar-refractivity contribution in [1.29, 1.82) is 0 Å². The summed E-state index contributed by atoms with van der Waals surface area (Å²) in [6.07, 6.45) is 0.679. The molecule has 0 aliphatic carbocycles. The second-order valence-electron chi connectivity index (χ2n) is 4.32. The van der Waals surface area contributed by atoms with Crippen molar-refractivity contribution in [3.63, 3.8) is 0 Å². The maximum absolute atomic E-state index is 11.7. The average Bonchev–Trinajstić information content (AvgIpc) is 2.38. The van der Waals surface area contributed by atoms with Crippen molar-refractivity contribution in [2.45, 2.75) is 20.3 Å². The smallest absolute Gasteiger partial charge is 0.313 e. The van der Waals surface area contributed by atoms with Crippen LogP contribution < -0.4 is 10.6 Å². The van der Waals surface area contributed by atoms with Gasteiger partial charge in [0.15, 0.2) is 0 Å². The predicted molar refractivity (Wildman–Crippen MR) is 74.0 cm³/mol. The fourth-order valence-corrected chi connectivity index (χ4v) is 1.68. The van der Waals surface area contributed by atoms with Gasteiger partial charge in [-0.05, 0) is 31.4 Å². The number of nitrogens with one attached hydrogen (secondary N) is 2. The Morgan fingerprint density at radius 1 is 1.16 bits per heavy atom. The number of para-hydroxylation sites is 1. The molecule has 19 heavy (non-hydrogen) atoms. The molecule has 0 fully saturated rings. The molecule has 0 spiro atoms. The summed E-state index contributed by atoms with van der Waals surface area (Å²) < 4.78 is 4.86. The maximum Gasteiger partial charge on any atom is 0.313 e. The van der Waals surface area contributed by atoms with E-state index >= 15 is 0 Å². The molecule has 104 valence electrons. The lowest BCUT2D eigenvalue weighted by atomic mass is 10.1. The molecule has 0 heterocycles. The number of rotatable bonds is 5. The van der Waals surface area contributed by atoms with Crippen LogP contribution in [0, 0.1) is 13.8 Å². The van der Waals surface area contributed by atoms with E-state index in [1.807, 2.05) is 32.0 Å². The van der Waals surface area contributed by atoms with Gasteiger partial charge in [-0.2, -0.15) is 0 Å². The lowest BCUT2D eigenvalue weighted by Crippen LogP contribution is -2.36. The van der Waals surface area contributed by atoms with Crippen molar-refractivity contribution in [2.75, 3.05) is 25.6 Å². The first-order valence-electron chi connectivity index (χ1n) is 6.20. The molecule has 0 atom stereocenters. The Labute approximate surface area is 113 Å². The van der Waals surface area contributed by atoms with Gasteiger partial charge in [0.1, 0.15) is 0 Å². The molecule has 0 aliphatic rings. The summed E-state index contributed by atoms with van der Waals surface area (Å²) in [5.74, 6) is -1.27. The SMILES string of the molecule is COCCCNC(=O)C(=O)Nc1c(C)cccc1C. The Kier molecular flexibility index (Phi) is 6.02. The Morgan fingerprint density at radius 2 is 1.79 bits per heavy atom. The topological polar surface area (TPSA) is 67.4 Å². The first-order valence-corrected chi connectivity index (χ1v) is 6.20. The molecule has 1 aromatic rings. The van der Waals surface area contributed by atoms with E-state index in [-0.39, 0.29) is 0 Å². The van der Waals surface area contributed by atoms with E-state index in [0.29, 0.717) is 25.3 Å². The number of anilines is 1. The molecule has 0 aromatic heterocycles. The summed E-state index contributed by atoms with van der Waals surface area (Å²) in [7, 11) is 1.59. The molecule has 0 saturated heterocycles. The number of amides is 2. The fraction of sp³-hybridized carbons (Fsp3) is 0.429. The standard InChI is InChI=1S/C14H20N2O3/c1-10-6-4-7-11(2)12(10)16-14(18)13(17)15-8-5-9-19-3/h4,6-7H,5,8-9H2,1-3H3,(H,15,17)(H,16,18). The van der Waals surface area contributed by atoms with Crippen LogP contribution in [-0.4, -0.2) is 32.1 Å². The van der Waals surface area contributed by atoms with Crippen molar-refractivity contribution in [1.82, 2.24) is 5.32 Å². The van der Waals surface area contributed by atoms with Gasteiger partial charge in [-0.1, -0.05) is 18.2 Å². The summed E-state index contributed by atoms with van der Waals surface area (Å²) in [5.41, 5.74) is 2.56. The van der Waals surface area contributed by atoms with Crippen molar-refractivity contribution < 1.29 is 14.3 Å². The lowest BCUT2D eigenvalue weighted by molar-refractivity contribution is -0.136. The van der Waals surface area contributed by atoms with Gasteiger partial charge < -0.3 is 15.4 Å². The van der Waals surface area contributed by atoms with Gasteiger partial charge in [-0.3, -0.25) is 9.59 Å². The number of ether oxygens (including phenoxy) is 1. The zero-order valence-corrected chi connectivity index (χ0v) is 11.6. The normalized spacial score (nSPS) is 10.1. The number of hydrogen-bond donors (Lipinski definition) is 2. The third kappa shape index (κ3) is 4.71. The first-order chi connectivity index (χ1) is 9.06. The van der Waals surface area contributed by atoms with Crippen LogP contribution in [0.3, 0.4) is 0 Å². The van der Waals surface area contributed by atoms with Gasteiger partial charge in [0.25, 0.3) is 0 Å². The van der Waals surface area contributed by atoms with Crippen LogP contribution in [0.4, 0.5) is 5.69 Å². The number of carbonyl (C=O) groups excluding carboxylic acids is 2. The lowest BCUT2D eigenvalue weighted by Gasteiger charge is -2.11. The van der Waals surface area contributed by atoms with Crippen molar-refractivity contribution in [3.8, 4) is 0 Å².